The van der Waals surface area contributed by atoms with Crippen LogP contribution in [0.25, 0.3) is 152 Å². The Kier molecular flexibility index (Phi) is 10.0. The molecule has 0 saturated carbocycles. The van der Waals surface area contributed by atoms with Gasteiger partial charge < -0.3 is 18.3 Å². The molecule has 0 fully saturated rings. The lowest BCUT2D eigenvalue weighted by molar-refractivity contribution is 1.18. The molecule has 11 aromatic carbocycles. The molecule has 0 bridgehead atoms. The van der Waals surface area contributed by atoms with Crippen molar-refractivity contribution in [2.75, 3.05) is 0 Å². The lowest BCUT2D eigenvalue weighted by Gasteiger charge is -2.10. The van der Waals surface area contributed by atoms with Crippen LogP contribution in [-0.4, -0.2) is 18.3 Å². The van der Waals surface area contributed by atoms with E-state index < -0.39 is 0 Å². The Morgan fingerprint density at radius 1 is 0.188 bits per heavy atom. The highest BCUT2D eigenvalue weighted by Crippen LogP contribution is 2.48. The lowest BCUT2D eigenvalue weighted by atomic mass is 10.0. The zero-order valence-corrected chi connectivity index (χ0v) is 44.8. The molecule has 374 valence electrons. The van der Waals surface area contributed by atoms with E-state index in [1.165, 1.54) is 129 Å². The van der Waals surface area contributed by atoms with Gasteiger partial charge in [-0.2, -0.15) is 0 Å². The van der Waals surface area contributed by atoms with Crippen molar-refractivity contribution in [3.63, 3.8) is 0 Å². The quantitative estimate of drug-likeness (QED) is 0.145. The maximum absolute atomic E-state index is 2.50. The molecule has 0 aliphatic heterocycles. The first-order valence-electron chi connectivity index (χ1n) is 27.2. The molecule has 0 atom stereocenters. The fraction of sp³-hybridized carbons (Fsp3) is 0. The molecular weight excluding hydrogens is 1010 g/mol. The molecule has 0 amide bonds. The Morgan fingerprint density at radius 2 is 0.475 bits per heavy atom. The van der Waals surface area contributed by atoms with Crippen molar-refractivity contribution in [3.8, 4) is 65.9 Å². The first kappa shape index (κ1) is 45.1. The summed E-state index contributed by atoms with van der Waals surface area (Å²) in [5, 5.41) is 7.55. The number of hydrogen-bond donors (Lipinski definition) is 0. The Hall–Kier alpha value is -9.98. The Bertz CT molecular complexity index is 5260. The highest BCUT2D eigenvalue weighted by molar-refractivity contribution is 7.30. The summed E-state index contributed by atoms with van der Waals surface area (Å²) >= 11 is 3.80. The third-order valence-electron chi connectivity index (χ3n) is 16.4. The molecule has 17 rings (SSSR count). The molecule has 80 heavy (non-hydrogen) atoms. The number of rotatable bonds is 8. The van der Waals surface area contributed by atoms with E-state index in [0.29, 0.717) is 0 Å². The summed E-state index contributed by atoms with van der Waals surface area (Å²) in [6.45, 7) is 0. The molecule has 0 unspecified atom stereocenters. The van der Waals surface area contributed by atoms with E-state index in [9.17, 15) is 0 Å². The topological polar surface area (TPSA) is 19.7 Å². The second-order valence-electron chi connectivity index (χ2n) is 20.9. The van der Waals surface area contributed by atoms with Gasteiger partial charge in [0.15, 0.2) is 0 Å². The standard InChI is InChI=1S/C74H46N4S2/c1-4-16-53(17-5-1)75-63-25-13-10-22-57(63)60-39-34-50(42-66(60)75)47-28-30-49(31-29-47)71-45-69-73(79-71)74-70(46-72(80-74)52-36-41-62-59-24-12-15-27-65(59)77(68(62)44-52)55-20-8-3-9-21-55)78(69)56-37-32-48(33-38-56)51-35-40-61-58-23-11-14-26-64(58)76(67(61)43-51)54-18-6-2-7-19-54/h1-46H. The molecule has 6 heterocycles. The Balaban J connectivity index is 0.794. The first-order valence-corrected chi connectivity index (χ1v) is 28.9. The summed E-state index contributed by atoms with van der Waals surface area (Å²) in [6, 6.07) is 103. The van der Waals surface area contributed by atoms with Gasteiger partial charge >= 0.3 is 0 Å². The van der Waals surface area contributed by atoms with Crippen molar-refractivity contribution in [1.29, 1.82) is 0 Å². The monoisotopic (exact) mass is 1050 g/mol. The predicted molar refractivity (Wildman–Crippen MR) is 341 cm³/mol. The van der Waals surface area contributed by atoms with Gasteiger partial charge in [-0.05, 0) is 130 Å². The Labute approximate surface area is 468 Å². The van der Waals surface area contributed by atoms with Gasteiger partial charge in [0.1, 0.15) is 0 Å². The second kappa shape index (κ2) is 17.8. The predicted octanol–water partition coefficient (Wildman–Crippen LogP) is 20.9. The van der Waals surface area contributed by atoms with E-state index in [-0.39, 0.29) is 0 Å². The number of thiophene rings is 2. The van der Waals surface area contributed by atoms with Crippen LogP contribution in [0.4, 0.5) is 0 Å². The van der Waals surface area contributed by atoms with Crippen molar-refractivity contribution in [3.05, 3.63) is 279 Å². The highest BCUT2D eigenvalue weighted by atomic mass is 32.1. The summed E-state index contributed by atoms with van der Waals surface area (Å²) in [5.74, 6) is 0. The third kappa shape index (κ3) is 6.93. The maximum Gasteiger partial charge on any atom is 0.0711 e. The van der Waals surface area contributed by atoms with Crippen LogP contribution in [0.15, 0.2) is 279 Å². The molecule has 6 aromatic heterocycles. The van der Waals surface area contributed by atoms with Crippen molar-refractivity contribution in [1.82, 2.24) is 18.3 Å². The van der Waals surface area contributed by atoms with Crippen LogP contribution in [0.2, 0.25) is 0 Å². The minimum absolute atomic E-state index is 1.14. The van der Waals surface area contributed by atoms with Crippen molar-refractivity contribution >= 4 is 109 Å². The fourth-order valence-electron chi connectivity index (χ4n) is 12.7. The fourth-order valence-corrected chi connectivity index (χ4v) is 15.2. The molecule has 0 N–H and O–H groups in total. The molecule has 0 radical (unpaired) electrons. The van der Waals surface area contributed by atoms with Gasteiger partial charge in [-0.1, -0.05) is 182 Å². The van der Waals surface area contributed by atoms with Crippen LogP contribution in [0.3, 0.4) is 0 Å². The number of benzene rings is 11. The molecule has 0 aliphatic carbocycles. The van der Waals surface area contributed by atoms with Crippen LogP contribution in [0.5, 0.6) is 0 Å². The lowest BCUT2D eigenvalue weighted by Crippen LogP contribution is -1.94. The minimum atomic E-state index is 1.14. The van der Waals surface area contributed by atoms with E-state index >= 15 is 0 Å². The number of hydrogen-bond acceptors (Lipinski definition) is 2. The largest absolute Gasteiger partial charge is 0.309 e. The summed E-state index contributed by atoms with van der Waals surface area (Å²) in [4.78, 5) is 2.50. The number of fused-ring (bicyclic) bond motifs is 12. The van der Waals surface area contributed by atoms with E-state index in [1.54, 1.807) is 0 Å². The Morgan fingerprint density at radius 3 is 0.900 bits per heavy atom. The average molecular weight is 1060 g/mol. The average Bonchev–Trinajstić information content (AvgIpc) is 4.49. The van der Waals surface area contributed by atoms with Gasteiger partial charge in [0.05, 0.1) is 53.5 Å². The van der Waals surface area contributed by atoms with Crippen LogP contribution in [0.1, 0.15) is 0 Å². The van der Waals surface area contributed by atoms with E-state index in [4.69, 9.17) is 0 Å². The molecule has 4 nitrogen and oxygen atoms in total. The second-order valence-corrected chi connectivity index (χ2v) is 23.0. The third-order valence-corrected chi connectivity index (χ3v) is 18.9. The number of nitrogens with zero attached hydrogens (tertiary/aromatic N) is 4. The van der Waals surface area contributed by atoms with Crippen molar-refractivity contribution < 1.29 is 0 Å². The van der Waals surface area contributed by atoms with Crippen LogP contribution in [-0.2, 0) is 0 Å². The van der Waals surface area contributed by atoms with Gasteiger partial charge in [0, 0.05) is 64.8 Å². The normalized spacial score (nSPS) is 12.0. The molecular formula is C74H46N4S2. The summed E-state index contributed by atoms with van der Waals surface area (Å²) in [7, 11) is 0. The van der Waals surface area contributed by atoms with Crippen LogP contribution in [0, 0.1) is 0 Å². The molecule has 17 aromatic rings. The zero-order valence-electron chi connectivity index (χ0n) is 43.2. The molecule has 0 aliphatic rings. The van der Waals surface area contributed by atoms with E-state index in [1.807, 2.05) is 22.7 Å². The van der Waals surface area contributed by atoms with Crippen LogP contribution < -0.4 is 0 Å². The zero-order chi connectivity index (χ0) is 52.4. The smallest absolute Gasteiger partial charge is 0.0711 e. The first-order chi connectivity index (χ1) is 39.7. The maximum atomic E-state index is 2.50. The van der Waals surface area contributed by atoms with E-state index in [2.05, 4.69) is 297 Å². The van der Waals surface area contributed by atoms with Gasteiger partial charge in [-0.25, -0.2) is 0 Å². The van der Waals surface area contributed by atoms with Crippen molar-refractivity contribution in [2.24, 2.45) is 0 Å². The summed E-state index contributed by atoms with van der Waals surface area (Å²) < 4.78 is 12.3. The van der Waals surface area contributed by atoms with Gasteiger partial charge in [-0.15, -0.1) is 22.7 Å². The molecule has 0 saturated heterocycles. The number of para-hydroxylation sites is 6. The van der Waals surface area contributed by atoms with Gasteiger partial charge in [0.25, 0.3) is 0 Å². The molecule has 6 heteroatoms. The summed E-state index contributed by atoms with van der Waals surface area (Å²) in [6.07, 6.45) is 0. The number of aromatic nitrogens is 4. The minimum Gasteiger partial charge on any atom is -0.309 e. The van der Waals surface area contributed by atoms with Crippen molar-refractivity contribution in [2.45, 2.75) is 0 Å². The molecule has 0 spiro atoms. The van der Waals surface area contributed by atoms with Crippen LogP contribution >= 0.6 is 22.7 Å². The van der Waals surface area contributed by atoms with E-state index in [0.717, 1.165) is 22.7 Å². The van der Waals surface area contributed by atoms with Gasteiger partial charge in [0.2, 0.25) is 0 Å². The highest BCUT2D eigenvalue weighted by Gasteiger charge is 2.22. The summed E-state index contributed by atoms with van der Waals surface area (Å²) in [5.41, 5.74) is 21.5. The SMILES string of the molecule is c1ccc(-n2c3ccccc3c3ccc(-c4ccc(-c5cc6c(s5)c5sc(-c7ccc8c9ccccc9n(-c9ccccc9)c8c7)cc5n6-c5ccc(-c6ccc7c8ccccc8n(-c8ccccc8)c7c6)cc5)cc4)cc32)cc1. The van der Waals surface area contributed by atoms with Gasteiger partial charge in [-0.3, -0.25) is 0 Å².